The minimum absolute atomic E-state index is 0.00533. The number of hydrogen-bond acceptors (Lipinski definition) is 3. The van der Waals surface area contributed by atoms with E-state index in [0.717, 1.165) is 18.4 Å². The van der Waals surface area contributed by atoms with Gasteiger partial charge in [0.25, 0.3) is 0 Å². The zero-order valence-corrected chi connectivity index (χ0v) is 21.7. The molecule has 1 heterocycles. The molecule has 4 nitrogen and oxygen atoms in total. The van der Waals surface area contributed by atoms with Gasteiger partial charge in [-0.05, 0) is 81.1 Å². The first-order chi connectivity index (χ1) is 18.2. The highest BCUT2D eigenvalue weighted by Gasteiger charge is 2.42. The molecule has 0 aromatic heterocycles. The van der Waals surface area contributed by atoms with Gasteiger partial charge in [-0.3, -0.25) is 9.69 Å². The molecule has 4 atom stereocenters. The molecule has 214 valence electrons. The highest BCUT2D eigenvalue weighted by atomic mass is 19.4. The number of likely N-dealkylation sites (tertiary alicyclic amines) is 1. The van der Waals surface area contributed by atoms with Gasteiger partial charge in [0.05, 0.1) is 29.9 Å². The first-order valence-electron chi connectivity index (χ1n) is 12.9. The fourth-order valence-electron chi connectivity index (χ4n) is 5.66. The summed E-state index contributed by atoms with van der Waals surface area (Å²) in [6.07, 6.45) is -8.64. The van der Waals surface area contributed by atoms with E-state index < -0.39 is 41.5 Å². The number of alkyl halides is 6. The van der Waals surface area contributed by atoms with Crippen molar-refractivity contribution in [1.82, 2.24) is 9.80 Å². The summed E-state index contributed by atoms with van der Waals surface area (Å²) in [6.45, 7) is 3.00. The van der Waals surface area contributed by atoms with Crippen LogP contribution in [0.1, 0.15) is 66.9 Å². The third-order valence-corrected chi connectivity index (χ3v) is 7.68. The monoisotopic (exact) mass is 560 g/mol. The van der Waals surface area contributed by atoms with Gasteiger partial charge in [0.15, 0.2) is 0 Å². The van der Waals surface area contributed by atoms with E-state index in [0.29, 0.717) is 38.1 Å². The first-order valence-corrected chi connectivity index (χ1v) is 12.9. The normalized spacial score (nSPS) is 23.0. The molecule has 1 aliphatic heterocycles. The maximum atomic E-state index is 13.7. The number of likely N-dealkylation sites (N-methyl/N-ethyl adjacent to an activating group) is 1. The van der Waals surface area contributed by atoms with Gasteiger partial charge in [-0.25, -0.2) is 4.39 Å². The lowest BCUT2D eigenvalue weighted by atomic mass is 9.91. The molecule has 2 aliphatic rings. The van der Waals surface area contributed by atoms with E-state index >= 15 is 0 Å². The lowest BCUT2D eigenvalue weighted by Gasteiger charge is -2.33. The maximum absolute atomic E-state index is 13.7. The first kappa shape index (κ1) is 29.3. The maximum Gasteiger partial charge on any atom is 0.416 e. The topological polar surface area (TPSA) is 32.8 Å². The fourth-order valence-corrected chi connectivity index (χ4v) is 5.66. The van der Waals surface area contributed by atoms with E-state index in [1.807, 2.05) is 11.9 Å². The van der Waals surface area contributed by atoms with Gasteiger partial charge in [0.1, 0.15) is 5.82 Å². The Morgan fingerprint density at radius 1 is 0.974 bits per heavy atom. The summed E-state index contributed by atoms with van der Waals surface area (Å²) in [6, 6.07) is 7.04. The van der Waals surface area contributed by atoms with Crippen molar-refractivity contribution < 1.29 is 40.3 Å². The van der Waals surface area contributed by atoms with Crippen LogP contribution in [0, 0.1) is 5.82 Å². The number of nitrogens with zero attached hydrogens (tertiary/aromatic N) is 2. The highest BCUT2D eigenvalue weighted by molar-refractivity contribution is 5.78. The van der Waals surface area contributed by atoms with Gasteiger partial charge in [-0.2, -0.15) is 26.3 Å². The van der Waals surface area contributed by atoms with Crippen molar-refractivity contribution in [2.24, 2.45) is 0 Å². The van der Waals surface area contributed by atoms with Crippen LogP contribution in [0.3, 0.4) is 0 Å². The number of halogens is 7. The molecule has 0 unspecified atom stereocenters. The Morgan fingerprint density at radius 3 is 2.08 bits per heavy atom. The van der Waals surface area contributed by atoms with Gasteiger partial charge < -0.3 is 9.64 Å². The number of ether oxygens (including phenoxy) is 1. The van der Waals surface area contributed by atoms with E-state index in [2.05, 4.69) is 0 Å². The summed E-state index contributed by atoms with van der Waals surface area (Å²) in [5.41, 5.74) is -2.32. The number of carbonyl (C=O) groups excluding carboxylic acids is 1. The van der Waals surface area contributed by atoms with E-state index in [4.69, 9.17) is 4.74 Å². The lowest BCUT2D eigenvalue weighted by Crippen LogP contribution is -2.43. The molecule has 0 radical (unpaired) electrons. The summed E-state index contributed by atoms with van der Waals surface area (Å²) in [4.78, 5) is 16.5. The zero-order chi connectivity index (χ0) is 28.5. The van der Waals surface area contributed by atoms with Crippen LogP contribution < -0.4 is 0 Å². The molecule has 2 aromatic carbocycles. The second-order valence-corrected chi connectivity index (χ2v) is 10.4. The molecule has 4 rings (SSSR count). The van der Waals surface area contributed by atoms with Gasteiger partial charge in [0, 0.05) is 25.0 Å². The molecule has 0 N–H and O–H groups in total. The Labute approximate surface area is 222 Å². The highest BCUT2D eigenvalue weighted by Crippen LogP contribution is 2.43. The average Bonchev–Trinajstić information content (AvgIpc) is 3.54. The summed E-state index contributed by atoms with van der Waals surface area (Å²) in [7, 11) is 1.81. The molecule has 0 bridgehead atoms. The standard InChI is InChI=1S/C28H31F7N2O2/c1-17(19-13-20(27(30,31)32)15-21(14-19)28(33,34)35)39-24-10-9-23(26(24)18-5-7-22(29)8-6-18)36(2)16-25(38)37-11-3-4-12-37/h5-8,13-15,17,23-24,26H,3-4,9-12,16H2,1-2H3/t17-,23-,24+,26+/m1/s1. The number of rotatable bonds is 7. The summed E-state index contributed by atoms with van der Waals surface area (Å²) >= 11 is 0. The molecule has 1 saturated heterocycles. The predicted molar refractivity (Wildman–Crippen MR) is 130 cm³/mol. The smallest absolute Gasteiger partial charge is 0.370 e. The van der Waals surface area contributed by atoms with Crippen molar-refractivity contribution >= 4 is 5.91 Å². The van der Waals surface area contributed by atoms with Crippen molar-refractivity contribution in [3.63, 3.8) is 0 Å². The summed E-state index contributed by atoms with van der Waals surface area (Å²) in [5, 5.41) is 0. The molecular formula is C28H31F7N2O2. The van der Waals surface area contributed by atoms with Crippen LogP contribution in [0.4, 0.5) is 30.7 Å². The van der Waals surface area contributed by atoms with Crippen LogP contribution in [0.2, 0.25) is 0 Å². The third kappa shape index (κ3) is 6.92. The Balaban J connectivity index is 1.59. The molecule has 0 spiro atoms. The van der Waals surface area contributed by atoms with Crippen molar-refractivity contribution in [3.05, 3.63) is 70.5 Å². The van der Waals surface area contributed by atoms with Crippen molar-refractivity contribution in [1.29, 1.82) is 0 Å². The van der Waals surface area contributed by atoms with E-state index in [1.54, 1.807) is 17.0 Å². The van der Waals surface area contributed by atoms with Crippen molar-refractivity contribution in [2.45, 2.75) is 69.1 Å². The minimum Gasteiger partial charge on any atom is -0.370 e. The van der Waals surface area contributed by atoms with Crippen LogP contribution in [0.25, 0.3) is 0 Å². The molecular weight excluding hydrogens is 529 g/mol. The number of hydrogen-bond donors (Lipinski definition) is 0. The van der Waals surface area contributed by atoms with Crippen LogP contribution in [0.5, 0.6) is 0 Å². The van der Waals surface area contributed by atoms with Crippen molar-refractivity contribution in [3.8, 4) is 0 Å². The SMILES string of the molecule is C[C@@H](O[C@H]1CC[C@@H](N(C)CC(=O)N2CCCC2)[C@@H]1c1ccc(F)cc1)c1cc(C(F)(F)F)cc(C(F)(F)F)c1. The molecule has 1 aliphatic carbocycles. The number of carbonyl (C=O) groups is 1. The summed E-state index contributed by atoms with van der Waals surface area (Å²) < 4.78 is 100. The van der Waals surface area contributed by atoms with Crippen LogP contribution >= 0.6 is 0 Å². The van der Waals surface area contributed by atoms with Gasteiger partial charge >= 0.3 is 12.4 Å². The molecule has 2 aromatic rings. The molecule has 39 heavy (non-hydrogen) atoms. The lowest BCUT2D eigenvalue weighted by molar-refractivity contribution is -0.143. The molecule has 1 amide bonds. The van der Waals surface area contributed by atoms with Crippen LogP contribution in [-0.2, 0) is 21.9 Å². The quantitative estimate of drug-likeness (QED) is 0.349. The van der Waals surface area contributed by atoms with Crippen LogP contribution in [-0.4, -0.2) is 54.5 Å². The Bertz CT molecular complexity index is 1110. The van der Waals surface area contributed by atoms with Gasteiger partial charge in [-0.15, -0.1) is 0 Å². The van der Waals surface area contributed by atoms with Crippen LogP contribution in [0.15, 0.2) is 42.5 Å². The molecule has 1 saturated carbocycles. The van der Waals surface area contributed by atoms with Gasteiger partial charge in [0.2, 0.25) is 5.91 Å². The summed E-state index contributed by atoms with van der Waals surface area (Å²) in [5.74, 6) is -0.827. The second-order valence-electron chi connectivity index (χ2n) is 10.4. The number of benzene rings is 2. The predicted octanol–water partition coefficient (Wildman–Crippen LogP) is 6.81. The Kier molecular flexibility index (Phi) is 8.61. The molecule has 11 heteroatoms. The van der Waals surface area contributed by atoms with E-state index in [-0.39, 0.29) is 36.0 Å². The second kappa shape index (κ2) is 11.4. The Hall–Kier alpha value is -2.66. The van der Waals surface area contributed by atoms with E-state index in [1.165, 1.54) is 19.1 Å². The largest absolute Gasteiger partial charge is 0.416 e. The fraction of sp³-hybridized carbons (Fsp3) is 0.536. The van der Waals surface area contributed by atoms with E-state index in [9.17, 15) is 35.5 Å². The number of amides is 1. The molecule has 2 fully saturated rings. The third-order valence-electron chi connectivity index (χ3n) is 7.68. The Morgan fingerprint density at radius 2 is 1.54 bits per heavy atom. The minimum atomic E-state index is -4.96. The van der Waals surface area contributed by atoms with Gasteiger partial charge in [-0.1, -0.05) is 12.1 Å². The average molecular weight is 561 g/mol. The van der Waals surface area contributed by atoms with Crippen molar-refractivity contribution in [2.75, 3.05) is 26.7 Å². The zero-order valence-electron chi connectivity index (χ0n) is 21.7.